The number of benzene rings is 1. The highest BCUT2D eigenvalue weighted by Gasteiger charge is 2.34. The van der Waals surface area contributed by atoms with E-state index in [1.165, 1.54) is 20.2 Å². The Bertz CT molecular complexity index is 1210. The van der Waals surface area contributed by atoms with Gasteiger partial charge in [-0.2, -0.15) is 13.2 Å². The third kappa shape index (κ3) is 3.28. The number of rotatable bonds is 3. The fraction of sp³-hybridized carbons (Fsp3) is 0.250. The number of carbonyl (C=O) groups is 1. The van der Waals surface area contributed by atoms with Crippen molar-refractivity contribution in [2.24, 2.45) is 14.1 Å². The minimum Gasteiger partial charge on any atom is -0.323 e. The molecule has 0 spiro atoms. The highest BCUT2D eigenvalue weighted by atomic mass is 35.5. The molecule has 2 aromatic heterocycles. The van der Waals surface area contributed by atoms with Crippen molar-refractivity contribution in [2.45, 2.75) is 12.7 Å². The number of hydrogen-bond donors (Lipinski definition) is 1. The molecular weight excluding hydrogens is 403 g/mol. The van der Waals surface area contributed by atoms with E-state index in [4.69, 9.17) is 11.6 Å². The second-order valence-corrected chi connectivity index (χ2v) is 6.37. The lowest BCUT2D eigenvalue weighted by Gasteiger charge is -2.15. The molecule has 0 aliphatic carbocycles. The molecule has 0 saturated carbocycles. The van der Waals surface area contributed by atoms with Gasteiger partial charge in [0.15, 0.2) is 11.2 Å². The van der Waals surface area contributed by atoms with Crippen LogP contribution in [0.1, 0.15) is 5.56 Å². The third-order valence-corrected chi connectivity index (χ3v) is 4.43. The van der Waals surface area contributed by atoms with Crippen molar-refractivity contribution < 1.29 is 18.0 Å². The number of hydrogen-bond acceptors (Lipinski definition) is 4. The minimum atomic E-state index is -4.72. The number of fused-ring (bicyclic) bond motifs is 1. The molecule has 3 rings (SSSR count). The Kier molecular flexibility index (Phi) is 4.79. The van der Waals surface area contributed by atoms with E-state index in [-0.39, 0.29) is 16.2 Å². The van der Waals surface area contributed by atoms with Gasteiger partial charge < -0.3 is 9.88 Å². The van der Waals surface area contributed by atoms with Crippen molar-refractivity contribution in [3.8, 4) is 0 Å². The Balaban J connectivity index is 1.99. The normalized spacial score (nSPS) is 11.8. The van der Waals surface area contributed by atoms with Gasteiger partial charge >= 0.3 is 11.9 Å². The number of anilines is 1. The van der Waals surface area contributed by atoms with Gasteiger partial charge in [0.2, 0.25) is 5.91 Å². The van der Waals surface area contributed by atoms with Gasteiger partial charge in [-0.3, -0.25) is 18.7 Å². The minimum absolute atomic E-state index is 0.0325. The average molecular weight is 416 g/mol. The summed E-state index contributed by atoms with van der Waals surface area (Å²) in [6.45, 7) is -0.507. The van der Waals surface area contributed by atoms with Crippen molar-refractivity contribution in [1.29, 1.82) is 0 Å². The van der Waals surface area contributed by atoms with Gasteiger partial charge in [0.05, 0.1) is 22.6 Å². The first-order chi connectivity index (χ1) is 13.0. The van der Waals surface area contributed by atoms with E-state index in [9.17, 15) is 27.6 Å². The lowest BCUT2D eigenvalue weighted by atomic mass is 10.1. The quantitative estimate of drug-likeness (QED) is 0.705. The molecule has 1 aromatic carbocycles. The first-order valence-corrected chi connectivity index (χ1v) is 8.16. The zero-order valence-corrected chi connectivity index (χ0v) is 15.3. The van der Waals surface area contributed by atoms with E-state index >= 15 is 0 Å². The molecule has 3 aromatic rings. The fourth-order valence-electron chi connectivity index (χ4n) is 2.74. The predicted molar refractivity (Wildman–Crippen MR) is 95.3 cm³/mol. The second kappa shape index (κ2) is 6.82. The molecular formula is C16H13ClF3N5O3. The molecule has 148 valence electrons. The van der Waals surface area contributed by atoms with Crippen LogP contribution in [0.2, 0.25) is 5.02 Å². The number of nitrogens with zero attached hydrogens (tertiary/aromatic N) is 4. The van der Waals surface area contributed by atoms with Crippen LogP contribution < -0.4 is 16.6 Å². The molecule has 8 nitrogen and oxygen atoms in total. The van der Waals surface area contributed by atoms with E-state index in [0.717, 1.165) is 32.2 Å². The van der Waals surface area contributed by atoms with Crippen LogP contribution >= 0.6 is 11.6 Å². The topological polar surface area (TPSA) is 90.9 Å². The van der Waals surface area contributed by atoms with Gasteiger partial charge in [-0.1, -0.05) is 17.7 Å². The third-order valence-electron chi connectivity index (χ3n) is 4.11. The second-order valence-electron chi connectivity index (χ2n) is 5.96. The number of carbonyl (C=O) groups excluding carboxylic acids is 1. The van der Waals surface area contributed by atoms with Crippen LogP contribution in [0.3, 0.4) is 0 Å². The maximum atomic E-state index is 13.1. The van der Waals surface area contributed by atoms with Gasteiger partial charge in [-0.15, -0.1) is 0 Å². The number of aromatic nitrogens is 4. The zero-order valence-electron chi connectivity index (χ0n) is 14.5. The van der Waals surface area contributed by atoms with Gasteiger partial charge in [-0.05, 0) is 12.1 Å². The van der Waals surface area contributed by atoms with Crippen molar-refractivity contribution >= 4 is 34.4 Å². The first kappa shape index (κ1) is 19.7. The lowest BCUT2D eigenvalue weighted by Crippen LogP contribution is -2.37. The van der Waals surface area contributed by atoms with Crippen molar-refractivity contribution in [1.82, 2.24) is 18.7 Å². The van der Waals surface area contributed by atoms with Crippen molar-refractivity contribution in [3.05, 3.63) is 56.0 Å². The Morgan fingerprint density at radius 3 is 2.54 bits per heavy atom. The van der Waals surface area contributed by atoms with Crippen LogP contribution in [0.25, 0.3) is 11.2 Å². The number of amides is 1. The summed E-state index contributed by atoms with van der Waals surface area (Å²) in [5.41, 5.74) is -2.94. The number of aryl methyl sites for hydroxylation is 1. The maximum absolute atomic E-state index is 13.1. The maximum Gasteiger partial charge on any atom is 0.418 e. The monoisotopic (exact) mass is 415 g/mol. The molecule has 12 heteroatoms. The molecule has 1 amide bonds. The predicted octanol–water partition coefficient (Wildman–Crippen LogP) is 1.74. The molecule has 0 atom stereocenters. The largest absolute Gasteiger partial charge is 0.418 e. The van der Waals surface area contributed by atoms with E-state index < -0.39 is 41.1 Å². The molecule has 0 saturated heterocycles. The Hall–Kier alpha value is -3.08. The highest BCUT2D eigenvalue weighted by Crippen LogP contribution is 2.38. The molecule has 1 N–H and O–H groups in total. The molecule has 2 heterocycles. The molecule has 0 unspecified atom stereocenters. The highest BCUT2D eigenvalue weighted by molar-refractivity contribution is 6.34. The van der Waals surface area contributed by atoms with Crippen LogP contribution in [0, 0.1) is 0 Å². The SMILES string of the molecule is Cn1c(=O)c2c(ncn2CC(=O)Nc2c(Cl)cccc2C(F)(F)F)n(C)c1=O. The van der Waals surface area contributed by atoms with Crippen molar-refractivity contribution in [2.75, 3.05) is 5.32 Å². The van der Waals surface area contributed by atoms with Gasteiger partial charge in [-0.25, -0.2) is 9.78 Å². The average Bonchev–Trinajstić information content (AvgIpc) is 3.02. The van der Waals surface area contributed by atoms with Crippen LogP contribution in [-0.4, -0.2) is 24.6 Å². The number of alkyl halides is 3. The molecule has 0 bridgehead atoms. The zero-order chi connectivity index (χ0) is 20.8. The van der Waals surface area contributed by atoms with E-state index in [1.807, 2.05) is 0 Å². The number of para-hydroxylation sites is 1. The van der Waals surface area contributed by atoms with Crippen LogP contribution in [0.5, 0.6) is 0 Å². The molecule has 28 heavy (non-hydrogen) atoms. The molecule has 0 fully saturated rings. The van der Waals surface area contributed by atoms with E-state index in [0.29, 0.717) is 0 Å². The summed E-state index contributed by atoms with van der Waals surface area (Å²) in [5, 5.41) is 1.85. The van der Waals surface area contributed by atoms with Crippen LogP contribution in [-0.2, 0) is 31.6 Å². The van der Waals surface area contributed by atoms with Crippen molar-refractivity contribution in [3.63, 3.8) is 0 Å². The van der Waals surface area contributed by atoms with Crippen LogP contribution in [0.4, 0.5) is 18.9 Å². The first-order valence-electron chi connectivity index (χ1n) is 7.78. The summed E-state index contributed by atoms with van der Waals surface area (Å²) in [4.78, 5) is 40.6. The summed E-state index contributed by atoms with van der Waals surface area (Å²) in [7, 11) is 2.67. The summed E-state index contributed by atoms with van der Waals surface area (Å²) in [6.07, 6.45) is -3.56. The molecule has 0 aliphatic heterocycles. The molecule has 0 aliphatic rings. The van der Waals surface area contributed by atoms with E-state index in [2.05, 4.69) is 10.3 Å². The number of halogens is 4. The Labute approximate surface area is 159 Å². The lowest BCUT2D eigenvalue weighted by molar-refractivity contribution is -0.137. The van der Waals surface area contributed by atoms with Crippen LogP contribution in [0.15, 0.2) is 34.1 Å². The summed E-state index contributed by atoms with van der Waals surface area (Å²) in [6, 6.07) is 3.12. The Morgan fingerprint density at radius 2 is 1.89 bits per heavy atom. The standard InChI is InChI=1S/C16H13ClF3N5O3/c1-23-13-12(14(27)24(2)15(23)28)25(7-21-13)6-10(26)22-11-8(16(18,19)20)4-3-5-9(11)17/h3-5,7H,6H2,1-2H3,(H,22,26). The van der Waals surface area contributed by atoms with E-state index in [1.54, 1.807) is 0 Å². The smallest absolute Gasteiger partial charge is 0.323 e. The number of imidazole rings is 1. The Morgan fingerprint density at radius 1 is 1.21 bits per heavy atom. The van der Waals surface area contributed by atoms with Gasteiger partial charge in [0.1, 0.15) is 6.54 Å². The van der Waals surface area contributed by atoms with Gasteiger partial charge in [0.25, 0.3) is 5.56 Å². The molecule has 0 radical (unpaired) electrons. The van der Waals surface area contributed by atoms with Gasteiger partial charge in [0, 0.05) is 14.1 Å². The summed E-state index contributed by atoms with van der Waals surface area (Å²) >= 11 is 5.82. The fourth-order valence-corrected chi connectivity index (χ4v) is 2.96. The summed E-state index contributed by atoms with van der Waals surface area (Å²) in [5.74, 6) is -0.853. The number of nitrogens with one attached hydrogen (secondary N) is 1. The summed E-state index contributed by atoms with van der Waals surface area (Å²) < 4.78 is 42.5.